The van der Waals surface area contributed by atoms with Crippen molar-refractivity contribution in [1.82, 2.24) is 0 Å². The van der Waals surface area contributed by atoms with E-state index in [1.165, 1.54) is 30.3 Å². The Kier molecular flexibility index (Phi) is 5.70. The first kappa shape index (κ1) is 19.2. The summed E-state index contributed by atoms with van der Waals surface area (Å²) in [6.45, 7) is 0. The number of carbonyl (C=O) groups excluding carboxylic acids is 1. The van der Waals surface area contributed by atoms with E-state index in [1.54, 1.807) is 42.5 Å². The highest BCUT2D eigenvalue weighted by molar-refractivity contribution is 7.87. The van der Waals surface area contributed by atoms with Crippen molar-refractivity contribution in [3.63, 3.8) is 0 Å². The first-order valence-corrected chi connectivity index (χ1v) is 9.87. The van der Waals surface area contributed by atoms with Crippen molar-refractivity contribution < 1.29 is 17.4 Å². The molecule has 0 aromatic heterocycles. The molecular formula is C19H13Cl2NO4S. The fraction of sp³-hybridized carbons (Fsp3) is 0. The number of hydrogen-bond acceptors (Lipinski definition) is 4. The number of anilines is 1. The zero-order valence-electron chi connectivity index (χ0n) is 13.7. The van der Waals surface area contributed by atoms with E-state index in [-0.39, 0.29) is 21.2 Å². The van der Waals surface area contributed by atoms with Crippen molar-refractivity contribution in [2.24, 2.45) is 0 Å². The van der Waals surface area contributed by atoms with Crippen molar-refractivity contribution in [3.8, 4) is 5.75 Å². The van der Waals surface area contributed by atoms with E-state index in [9.17, 15) is 13.2 Å². The summed E-state index contributed by atoms with van der Waals surface area (Å²) in [4.78, 5) is 12.6. The molecule has 0 aliphatic rings. The van der Waals surface area contributed by atoms with Gasteiger partial charge in [0.25, 0.3) is 5.91 Å². The fourth-order valence-electron chi connectivity index (χ4n) is 2.27. The Labute approximate surface area is 166 Å². The lowest BCUT2D eigenvalue weighted by Gasteiger charge is -2.12. The molecule has 0 bridgehead atoms. The van der Waals surface area contributed by atoms with Gasteiger partial charge in [0.2, 0.25) is 0 Å². The molecular weight excluding hydrogens is 409 g/mol. The Morgan fingerprint density at radius 2 is 1.56 bits per heavy atom. The third-order valence-corrected chi connectivity index (χ3v) is 5.22. The predicted octanol–water partition coefficient (Wildman–Crippen LogP) is 5.01. The second kappa shape index (κ2) is 8.00. The lowest BCUT2D eigenvalue weighted by molar-refractivity contribution is 0.102. The summed E-state index contributed by atoms with van der Waals surface area (Å²) in [7, 11) is -4.13. The molecule has 0 aliphatic carbocycles. The highest BCUT2D eigenvalue weighted by atomic mass is 35.5. The largest absolute Gasteiger partial charge is 0.378 e. The molecule has 8 heteroatoms. The quantitative estimate of drug-likeness (QED) is 0.587. The maximum atomic E-state index is 12.6. The Bertz CT molecular complexity index is 1090. The molecule has 0 saturated carbocycles. The van der Waals surface area contributed by atoms with Crippen LogP contribution in [0.3, 0.4) is 0 Å². The maximum Gasteiger partial charge on any atom is 0.339 e. The number of nitrogens with one attached hydrogen (secondary N) is 1. The summed E-state index contributed by atoms with van der Waals surface area (Å²) in [5.41, 5.74) is 0.471. The minimum atomic E-state index is -4.13. The smallest absolute Gasteiger partial charge is 0.339 e. The second-order valence-corrected chi connectivity index (χ2v) is 7.87. The Balaban J connectivity index is 1.92. The standard InChI is InChI=1S/C19H13Cl2NO4S/c20-13-5-4-6-15(11-13)22-19(23)17-10-9-14(21)12-18(17)26-27(24,25)16-7-2-1-3-8-16/h1-12H,(H,22,23). The van der Waals surface area contributed by atoms with Gasteiger partial charge in [-0.1, -0.05) is 47.5 Å². The molecule has 0 radical (unpaired) electrons. The summed E-state index contributed by atoms with van der Waals surface area (Å²) in [6.07, 6.45) is 0. The minimum absolute atomic E-state index is 0.0129. The van der Waals surface area contributed by atoms with E-state index in [0.717, 1.165) is 0 Å². The van der Waals surface area contributed by atoms with E-state index in [1.807, 2.05) is 0 Å². The van der Waals surface area contributed by atoms with Gasteiger partial charge in [-0.15, -0.1) is 0 Å². The maximum absolute atomic E-state index is 12.6. The van der Waals surface area contributed by atoms with Crippen molar-refractivity contribution in [3.05, 3.63) is 88.4 Å². The Hall–Kier alpha value is -2.54. The number of halogens is 2. The zero-order valence-corrected chi connectivity index (χ0v) is 16.1. The van der Waals surface area contributed by atoms with Crippen LogP contribution >= 0.6 is 23.2 Å². The van der Waals surface area contributed by atoms with Gasteiger partial charge >= 0.3 is 10.1 Å². The van der Waals surface area contributed by atoms with Crippen LogP contribution in [0.5, 0.6) is 5.75 Å². The van der Waals surface area contributed by atoms with Crippen molar-refractivity contribution >= 4 is 44.9 Å². The first-order chi connectivity index (χ1) is 12.8. The summed E-state index contributed by atoms with van der Waals surface area (Å²) in [6, 6.07) is 18.3. The Morgan fingerprint density at radius 3 is 2.26 bits per heavy atom. The number of hydrogen-bond donors (Lipinski definition) is 1. The van der Waals surface area contributed by atoms with Crippen LogP contribution in [0.1, 0.15) is 10.4 Å². The van der Waals surface area contributed by atoms with E-state index in [2.05, 4.69) is 5.32 Å². The van der Waals surface area contributed by atoms with Crippen LogP contribution in [0.25, 0.3) is 0 Å². The van der Waals surface area contributed by atoms with Crippen LogP contribution in [0.2, 0.25) is 10.0 Å². The molecule has 1 amide bonds. The van der Waals surface area contributed by atoms with Crippen LogP contribution in [0, 0.1) is 0 Å². The number of carbonyl (C=O) groups is 1. The van der Waals surface area contributed by atoms with Gasteiger partial charge in [-0.25, -0.2) is 0 Å². The third kappa shape index (κ3) is 4.80. The highest BCUT2D eigenvalue weighted by Crippen LogP contribution is 2.28. The van der Waals surface area contributed by atoms with Crippen LogP contribution in [-0.4, -0.2) is 14.3 Å². The van der Waals surface area contributed by atoms with Crippen molar-refractivity contribution in [2.75, 3.05) is 5.32 Å². The van der Waals surface area contributed by atoms with Gasteiger partial charge in [-0.2, -0.15) is 8.42 Å². The van der Waals surface area contributed by atoms with Gasteiger partial charge in [0.1, 0.15) is 4.90 Å². The van der Waals surface area contributed by atoms with Gasteiger partial charge in [0.15, 0.2) is 5.75 Å². The highest BCUT2D eigenvalue weighted by Gasteiger charge is 2.21. The summed E-state index contributed by atoms with van der Waals surface area (Å²) in [5, 5.41) is 3.32. The summed E-state index contributed by atoms with van der Waals surface area (Å²) >= 11 is 11.9. The topological polar surface area (TPSA) is 72.5 Å². The van der Waals surface area contributed by atoms with E-state index < -0.39 is 16.0 Å². The van der Waals surface area contributed by atoms with E-state index in [0.29, 0.717) is 10.7 Å². The molecule has 5 nitrogen and oxygen atoms in total. The minimum Gasteiger partial charge on any atom is -0.378 e. The monoisotopic (exact) mass is 421 g/mol. The lowest BCUT2D eigenvalue weighted by atomic mass is 10.2. The summed E-state index contributed by atoms with van der Waals surface area (Å²) in [5.74, 6) is -0.738. The van der Waals surface area contributed by atoms with E-state index in [4.69, 9.17) is 27.4 Å². The SMILES string of the molecule is O=C(Nc1cccc(Cl)c1)c1ccc(Cl)cc1OS(=O)(=O)c1ccccc1. The molecule has 3 aromatic rings. The second-order valence-electron chi connectivity index (χ2n) is 5.46. The average molecular weight is 422 g/mol. The van der Waals surface area contributed by atoms with Crippen molar-refractivity contribution in [1.29, 1.82) is 0 Å². The molecule has 3 aromatic carbocycles. The number of rotatable bonds is 5. The molecule has 0 spiro atoms. The van der Waals surface area contributed by atoms with Crippen molar-refractivity contribution in [2.45, 2.75) is 4.90 Å². The fourth-order valence-corrected chi connectivity index (χ4v) is 3.58. The molecule has 138 valence electrons. The molecule has 0 unspecified atom stereocenters. The molecule has 0 heterocycles. The lowest BCUT2D eigenvalue weighted by Crippen LogP contribution is -2.16. The zero-order chi connectivity index (χ0) is 19.4. The van der Waals surface area contributed by atoms with Gasteiger partial charge in [0.05, 0.1) is 5.56 Å². The Morgan fingerprint density at radius 1 is 0.852 bits per heavy atom. The molecule has 27 heavy (non-hydrogen) atoms. The average Bonchev–Trinajstić information content (AvgIpc) is 2.62. The molecule has 0 aliphatic heterocycles. The number of benzene rings is 3. The van der Waals surface area contributed by atoms with Gasteiger partial charge in [-0.3, -0.25) is 4.79 Å². The van der Waals surface area contributed by atoms with Crippen LogP contribution in [-0.2, 0) is 10.1 Å². The van der Waals surface area contributed by atoms with Crippen LogP contribution in [0.15, 0.2) is 77.7 Å². The van der Waals surface area contributed by atoms with Gasteiger partial charge in [0, 0.05) is 21.8 Å². The van der Waals surface area contributed by atoms with Crippen LogP contribution < -0.4 is 9.50 Å². The molecule has 0 atom stereocenters. The van der Waals surface area contributed by atoms with Gasteiger partial charge in [-0.05, 0) is 42.5 Å². The number of amides is 1. The third-order valence-electron chi connectivity index (χ3n) is 3.50. The predicted molar refractivity (Wildman–Crippen MR) is 105 cm³/mol. The van der Waals surface area contributed by atoms with Crippen LogP contribution in [0.4, 0.5) is 5.69 Å². The first-order valence-electron chi connectivity index (χ1n) is 7.71. The normalized spacial score (nSPS) is 11.0. The molecule has 0 fully saturated rings. The molecule has 1 N–H and O–H groups in total. The molecule has 3 rings (SSSR count). The molecule has 0 saturated heterocycles. The summed E-state index contributed by atoms with van der Waals surface area (Å²) < 4.78 is 30.1. The van der Waals surface area contributed by atoms with Gasteiger partial charge < -0.3 is 9.50 Å². The van der Waals surface area contributed by atoms with E-state index >= 15 is 0 Å².